The molecule has 0 bridgehead atoms. The molecule has 0 radical (unpaired) electrons. The number of sulfone groups is 1. The summed E-state index contributed by atoms with van der Waals surface area (Å²) in [5.74, 6) is -2.31. The molecule has 0 saturated carbocycles. The standard InChI is InChI=1S/C18H19N3O4S/c1-18(2,3)16-8-14(19-10-20-16)15-7-11-6-12(4-5-13(11)21-15)26(24,25)9-17(22)23/h4-8,10,21H,9H2,1-3H3,(H,22,23). The molecule has 8 heteroatoms. The molecule has 0 aliphatic rings. The molecule has 0 atom stereocenters. The number of carboxylic acids is 1. The van der Waals surface area contributed by atoms with Gasteiger partial charge in [-0.25, -0.2) is 18.4 Å². The summed E-state index contributed by atoms with van der Waals surface area (Å²) in [7, 11) is -3.87. The number of hydrogen-bond donors (Lipinski definition) is 2. The molecule has 3 rings (SSSR count). The lowest BCUT2D eigenvalue weighted by Gasteiger charge is -2.17. The number of fused-ring (bicyclic) bond motifs is 1. The SMILES string of the molecule is CC(C)(C)c1cc(-c2cc3cc(S(=O)(=O)CC(=O)O)ccc3[nH]2)ncn1. The first-order valence-corrected chi connectivity index (χ1v) is 9.62. The van der Waals surface area contributed by atoms with Crippen molar-refractivity contribution in [2.24, 2.45) is 0 Å². The number of carboxylic acid groups (broad SMARTS) is 1. The highest BCUT2D eigenvalue weighted by molar-refractivity contribution is 7.92. The maximum absolute atomic E-state index is 12.1. The van der Waals surface area contributed by atoms with Gasteiger partial charge in [0.25, 0.3) is 0 Å². The highest BCUT2D eigenvalue weighted by atomic mass is 32.2. The molecule has 0 aliphatic carbocycles. The van der Waals surface area contributed by atoms with Crippen molar-refractivity contribution in [3.63, 3.8) is 0 Å². The Morgan fingerprint density at radius 1 is 1.15 bits per heavy atom. The lowest BCUT2D eigenvalue weighted by Crippen LogP contribution is -2.15. The van der Waals surface area contributed by atoms with Gasteiger partial charge in [-0.15, -0.1) is 0 Å². The summed E-state index contributed by atoms with van der Waals surface area (Å²) in [6, 6.07) is 8.19. The van der Waals surface area contributed by atoms with E-state index in [1.165, 1.54) is 18.5 Å². The Morgan fingerprint density at radius 3 is 2.54 bits per heavy atom. The van der Waals surface area contributed by atoms with Crippen LogP contribution >= 0.6 is 0 Å². The normalized spacial score (nSPS) is 12.4. The van der Waals surface area contributed by atoms with Gasteiger partial charge in [-0.2, -0.15) is 0 Å². The number of hydrogen-bond acceptors (Lipinski definition) is 5. The third kappa shape index (κ3) is 3.60. The van der Waals surface area contributed by atoms with Gasteiger partial charge in [0.05, 0.1) is 16.3 Å². The maximum Gasteiger partial charge on any atom is 0.319 e. The largest absolute Gasteiger partial charge is 0.480 e. The zero-order chi connectivity index (χ0) is 19.1. The molecule has 0 fully saturated rings. The van der Waals surface area contributed by atoms with Gasteiger partial charge in [0.1, 0.15) is 6.33 Å². The Bertz CT molecular complexity index is 1100. The van der Waals surface area contributed by atoms with E-state index in [0.717, 1.165) is 16.9 Å². The van der Waals surface area contributed by atoms with E-state index in [-0.39, 0.29) is 10.3 Å². The average Bonchev–Trinajstić information content (AvgIpc) is 2.96. The van der Waals surface area contributed by atoms with Gasteiger partial charge in [0.2, 0.25) is 0 Å². The van der Waals surface area contributed by atoms with Crippen LogP contribution in [0.15, 0.2) is 41.6 Å². The fraction of sp³-hybridized carbons (Fsp3) is 0.278. The van der Waals surface area contributed by atoms with Crippen molar-refractivity contribution in [1.29, 1.82) is 0 Å². The van der Waals surface area contributed by atoms with E-state index in [9.17, 15) is 13.2 Å². The van der Waals surface area contributed by atoms with E-state index >= 15 is 0 Å². The van der Waals surface area contributed by atoms with Gasteiger partial charge in [-0.3, -0.25) is 4.79 Å². The highest BCUT2D eigenvalue weighted by Crippen LogP contribution is 2.28. The van der Waals surface area contributed by atoms with Crippen molar-refractivity contribution in [2.45, 2.75) is 31.1 Å². The smallest absolute Gasteiger partial charge is 0.319 e. The summed E-state index contributed by atoms with van der Waals surface area (Å²) in [6.45, 7) is 6.18. The first-order chi connectivity index (χ1) is 12.1. The Balaban J connectivity index is 2.05. The minimum atomic E-state index is -3.87. The second-order valence-corrected chi connectivity index (χ2v) is 9.11. The third-order valence-corrected chi connectivity index (χ3v) is 5.58. The summed E-state index contributed by atoms with van der Waals surface area (Å²) < 4.78 is 24.2. The van der Waals surface area contributed by atoms with Crippen LogP contribution in [-0.4, -0.2) is 40.2 Å². The van der Waals surface area contributed by atoms with Crippen LogP contribution in [0.4, 0.5) is 0 Å². The molecule has 0 unspecified atom stereocenters. The van der Waals surface area contributed by atoms with E-state index in [0.29, 0.717) is 11.1 Å². The van der Waals surface area contributed by atoms with Gasteiger partial charge < -0.3 is 10.1 Å². The first-order valence-electron chi connectivity index (χ1n) is 7.96. The molecule has 3 aromatic rings. The average molecular weight is 373 g/mol. The maximum atomic E-state index is 12.1. The van der Waals surface area contributed by atoms with Gasteiger partial charge in [-0.05, 0) is 30.3 Å². The van der Waals surface area contributed by atoms with E-state index in [2.05, 4.69) is 35.7 Å². The van der Waals surface area contributed by atoms with Crippen molar-refractivity contribution >= 4 is 26.7 Å². The summed E-state index contributed by atoms with van der Waals surface area (Å²) in [6.07, 6.45) is 1.50. The molecule has 2 heterocycles. The van der Waals surface area contributed by atoms with Crippen LogP contribution in [0, 0.1) is 0 Å². The second kappa shape index (κ2) is 6.21. The van der Waals surface area contributed by atoms with Crippen molar-refractivity contribution in [2.75, 3.05) is 5.75 Å². The topological polar surface area (TPSA) is 113 Å². The zero-order valence-electron chi connectivity index (χ0n) is 14.6. The van der Waals surface area contributed by atoms with Crippen LogP contribution in [-0.2, 0) is 20.0 Å². The van der Waals surface area contributed by atoms with Crippen LogP contribution in [0.5, 0.6) is 0 Å². The fourth-order valence-corrected chi connectivity index (χ4v) is 3.68. The second-order valence-electron chi connectivity index (χ2n) is 7.12. The van der Waals surface area contributed by atoms with Gasteiger partial charge in [-0.1, -0.05) is 20.8 Å². The van der Waals surface area contributed by atoms with E-state index < -0.39 is 21.6 Å². The number of rotatable bonds is 4. The minimum Gasteiger partial charge on any atom is -0.480 e. The monoisotopic (exact) mass is 373 g/mol. The summed E-state index contributed by atoms with van der Waals surface area (Å²) >= 11 is 0. The molecule has 1 aromatic carbocycles. The number of aromatic amines is 1. The van der Waals surface area contributed by atoms with Crippen molar-refractivity contribution in [3.8, 4) is 11.4 Å². The molecule has 0 spiro atoms. The Kier molecular flexibility index (Phi) is 4.31. The Labute approximate surface area is 151 Å². The molecular weight excluding hydrogens is 354 g/mol. The van der Waals surface area contributed by atoms with Crippen LogP contribution in [0.3, 0.4) is 0 Å². The predicted octanol–water partition coefficient (Wildman–Crippen LogP) is 2.78. The van der Waals surface area contributed by atoms with E-state index in [1.807, 2.05) is 6.07 Å². The van der Waals surface area contributed by atoms with Crippen LogP contribution in [0.25, 0.3) is 22.3 Å². The van der Waals surface area contributed by atoms with Crippen LogP contribution in [0.1, 0.15) is 26.5 Å². The molecule has 136 valence electrons. The van der Waals surface area contributed by atoms with Crippen LogP contribution in [0.2, 0.25) is 0 Å². The molecule has 7 nitrogen and oxygen atoms in total. The van der Waals surface area contributed by atoms with Crippen LogP contribution < -0.4 is 0 Å². The molecule has 26 heavy (non-hydrogen) atoms. The number of benzene rings is 1. The summed E-state index contributed by atoms with van der Waals surface area (Å²) in [5, 5.41) is 9.44. The highest BCUT2D eigenvalue weighted by Gasteiger charge is 2.20. The molecule has 0 aliphatic heterocycles. The number of nitrogens with one attached hydrogen (secondary N) is 1. The first kappa shape index (κ1) is 18.1. The van der Waals surface area contributed by atoms with Crippen molar-refractivity contribution in [3.05, 3.63) is 42.4 Å². The van der Waals surface area contributed by atoms with E-state index in [1.54, 1.807) is 12.1 Å². The number of H-pyrrole nitrogens is 1. The quantitative estimate of drug-likeness (QED) is 0.727. The molecule has 0 amide bonds. The number of nitrogens with zero attached hydrogens (tertiary/aromatic N) is 2. The minimum absolute atomic E-state index is 0.0176. The lowest BCUT2D eigenvalue weighted by atomic mass is 9.91. The predicted molar refractivity (Wildman–Crippen MR) is 97.7 cm³/mol. The number of aromatic nitrogens is 3. The summed E-state index contributed by atoms with van der Waals surface area (Å²) in [4.78, 5) is 22.5. The third-order valence-electron chi connectivity index (χ3n) is 3.98. The lowest BCUT2D eigenvalue weighted by molar-refractivity contribution is -0.134. The number of carbonyl (C=O) groups is 1. The Hall–Kier alpha value is -2.74. The molecule has 0 saturated heterocycles. The summed E-state index contributed by atoms with van der Waals surface area (Å²) in [5.41, 5.74) is 2.95. The van der Waals surface area contributed by atoms with Gasteiger partial charge in [0, 0.05) is 22.0 Å². The Morgan fingerprint density at radius 2 is 1.88 bits per heavy atom. The zero-order valence-corrected chi connectivity index (χ0v) is 15.5. The van der Waals surface area contributed by atoms with Gasteiger partial charge in [0.15, 0.2) is 15.6 Å². The van der Waals surface area contributed by atoms with Crippen molar-refractivity contribution in [1.82, 2.24) is 15.0 Å². The van der Waals surface area contributed by atoms with Gasteiger partial charge >= 0.3 is 5.97 Å². The fourth-order valence-electron chi connectivity index (χ4n) is 2.60. The van der Waals surface area contributed by atoms with Crippen molar-refractivity contribution < 1.29 is 18.3 Å². The van der Waals surface area contributed by atoms with E-state index in [4.69, 9.17) is 5.11 Å². The number of aliphatic carboxylic acids is 1. The molecule has 2 N–H and O–H groups in total. The molecular formula is C18H19N3O4S. The molecule has 2 aromatic heterocycles.